The van der Waals surface area contributed by atoms with E-state index in [9.17, 15) is 22.8 Å². The van der Waals surface area contributed by atoms with Gasteiger partial charge >= 0.3 is 5.97 Å². The van der Waals surface area contributed by atoms with Crippen LogP contribution in [0.1, 0.15) is 17.3 Å². The van der Waals surface area contributed by atoms with E-state index in [1.54, 1.807) is 0 Å². The lowest BCUT2D eigenvalue weighted by atomic mass is 10.2. The largest absolute Gasteiger partial charge is 0.449 e. The van der Waals surface area contributed by atoms with Gasteiger partial charge in [0.25, 0.3) is 5.91 Å². The van der Waals surface area contributed by atoms with E-state index in [1.807, 2.05) is 0 Å². The number of hydrogen-bond donors (Lipinski definition) is 1. The molecule has 0 radical (unpaired) electrons. The third-order valence-electron chi connectivity index (χ3n) is 2.94. The Morgan fingerprint density at radius 1 is 1.08 bits per heavy atom. The Morgan fingerprint density at radius 3 is 2.29 bits per heavy atom. The first-order valence-electron chi connectivity index (χ1n) is 6.69. The normalized spacial score (nSPS) is 11.7. The van der Waals surface area contributed by atoms with Gasteiger partial charge in [-0.3, -0.25) is 4.79 Å². The molecule has 8 heteroatoms. The van der Waals surface area contributed by atoms with Crippen molar-refractivity contribution in [3.05, 3.63) is 64.4 Å². The minimum Gasteiger partial charge on any atom is -0.449 e. The number of esters is 1. The number of amides is 1. The van der Waals surface area contributed by atoms with E-state index in [-0.39, 0.29) is 16.3 Å². The molecule has 0 aromatic heterocycles. The zero-order chi connectivity index (χ0) is 17.9. The Morgan fingerprint density at radius 2 is 1.71 bits per heavy atom. The van der Waals surface area contributed by atoms with Gasteiger partial charge in [-0.2, -0.15) is 0 Å². The van der Waals surface area contributed by atoms with Crippen LogP contribution >= 0.6 is 11.6 Å². The van der Waals surface area contributed by atoms with Crippen LogP contribution in [0.25, 0.3) is 0 Å². The van der Waals surface area contributed by atoms with Gasteiger partial charge < -0.3 is 10.1 Å². The van der Waals surface area contributed by atoms with Gasteiger partial charge in [0, 0.05) is 11.1 Å². The number of hydrogen-bond acceptors (Lipinski definition) is 3. The van der Waals surface area contributed by atoms with E-state index < -0.39 is 35.4 Å². The molecule has 1 N–H and O–H groups in total. The lowest BCUT2D eigenvalue weighted by Gasteiger charge is -2.14. The fourth-order valence-electron chi connectivity index (χ4n) is 1.78. The van der Waals surface area contributed by atoms with Crippen LogP contribution in [0.2, 0.25) is 5.02 Å². The Kier molecular flexibility index (Phi) is 5.46. The Balaban J connectivity index is 2.04. The average molecular weight is 358 g/mol. The van der Waals surface area contributed by atoms with Crippen molar-refractivity contribution in [3.63, 3.8) is 0 Å². The molecule has 0 bridgehead atoms. The Labute approximate surface area is 140 Å². The van der Waals surface area contributed by atoms with Gasteiger partial charge in [0.1, 0.15) is 17.5 Å². The number of carbonyl (C=O) groups excluding carboxylic acids is 2. The molecule has 2 aromatic rings. The number of ether oxygens (including phenoxy) is 1. The number of rotatable bonds is 4. The summed E-state index contributed by atoms with van der Waals surface area (Å²) in [5.41, 5.74) is -0.533. The molecular weight excluding hydrogens is 347 g/mol. The summed E-state index contributed by atoms with van der Waals surface area (Å²) in [5.74, 6) is -4.58. The van der Waals surface area contributed by atoms with E-state index in [0.717, 1.165) is 18.2 Å². The first kappa shape index (κ1) is 17.8. The van der Waals surface area contributed by atoms with Crippen LogP contribution < -0.4 is 5.32 Å². The minimum absolute atomic E-state index is 0.149. The van der Waals surface area contributed by atoms with Crippen LogP contribution in [0.3, 0.4) is 0 Å². The molecule has 0 aliphatic rings. The highest BCUT2D eigenvalue weighted by Crippen LogP contribution is 2.19. The third-order valence-corrected chi connectivity index (χ3v) is 3.18. The summed E-state index contributed by atoms with van der Waals surface area (Å²) in [4.78, 5) is 23.7. The fraction of sp³-hybridized carbons (Fsp3) is 0.125. The van der Waals surface area contributed by atoms with Crippen molar-refractivity contribution in [2.45, 2.75) is 13.0 Å². The number of halogens is 4. The SMILES string of the molecule is C[C@@H](OC(=O)c1cc(F)cc(F)c1)C(=O)Nc1ccc(Cl)cc1F. The Bertz CT molecular complexity index is 778. The number of carbonyl (C=O) groups is 2. The van der Waals surface area contributed by atoms with Crippen molar-refractivity contribution in [1.82, 2.24) is 0 Å². The van der Waals surface area contributed by atoms with Crippen LogP contribution in [-0.2, 0) is 9.53 Å². The van der Waals surface area contributed by atoms with Crippen LogP contribution in [-0.4, -0.2) is 18.0 Å². The highest BCUT2D eigenvalue weighted by atomic mass is 35.5. The molecule has 24 heavy (non-hydrogen) atoms. The second kappa shape index (κ2) is 7.35. The zero-order valence-corrected chi connectivity index (χ0v) is 13.0. The van der Waals surface area contributed by atoms with Gasteiger partial charge in [0.05, 0.1) is 11.3 Å². The monoisotopic (exact) mass is 357 g/mol. The van der Waals surface area contributed by atoms with E-state index in [2.05, 4.69) is 5.32 Å². The molecule has 0 fully saturated rings. The molecule has 0 saturated heterocycles. The second-order valence-electron chi connectivity index (χ2n) is 4.82. The predicted molar refractivity (Wildman–Crippen MR) is 81.3 cm³/mol. The van der Waals surface area contributed by atoms with Crippen LogP contribution in [0.5, 0.6) is 0 Å². The molecule has 0 unspecified atom stereocenters. The lowest BCUT2D eigenvalue weighted by Crippen LogP contribution is -2.30. The molecule has 126 valence electrons. The van der Waals surface area contributed by atoms with Crippen molar-refractivity contribution < 1.29 is 27.5 Å². The number of benzene rings is 2. The van der Waals surface area contributed by atoms with Gasteiger partial charge in [0.15, 0.2) is 6.10 Å². The maximum absolute atomic E-state index is 13.6. The molecule has 0 saturated carbocycles. The third kappa shape index (κ3) is 4.48. The Hall–Kier alpha value is -2.54. The molecule has 0 heterocycles. The number of nitrogens with one attached hydrogen (secondary N) is 1. The van der Waals surface area contributed by atoms with E-state index in [1.165, 1.54) is 19.1 Å². The fourth-order valence-corrected chi connectivity index (χ4v) is 1.94. The maximum atomic E-state index is 13.6. The summed E-state index contributed by atoms with van der Waals surface area (Å²) in [6, 6.07) is 5.75. The number of anilines is 1. The predicted octanol–water partition coefficient (Wildman–Crippen LogP) is 3.94. The first-order chi connectivity index (χ1) is 11.3. The molecule has 1 atom stereocenters. The standard InChI is InChI=1S/C16H11ClF3NO3/c1-8(15(22)21-14-3-2-10(17)6-13(14)20)24-16(23)9-4-11(18)7-12(19)5-9/h2-8H,1H3,(H,21,22)/t8-/m1/s1. The summed E-state index contributed by atoms with van der Waals surface area (Å²) in [7, 11) is 0. The van der Waals surface area contributed by atoms with Crippen molar-refractivity contribution in [1.29, 1.82) is 0 Å². The van der Waals surface area contributed by atoms with Gasteiger partial charge in [0.2, 0.25) is 0 Å². The topological polar surface area (TPSA) is 55.4 Å². The lowest BCUT2D eigenvalue weighted by molar-refractivity contribution is -0.123. The van der Waals surface area contributed by atoms with Gasteiger partial charge in [-0.1, -0.05) is 11.6 Å². The van der Waals surface area contributed by atoms with Gasteiger partial charge in [-0.05, 0) is 37.3 Å². The minimum atomic E-state index is -1.32. The molecule has 0 aliphatic heterocycles. The van der Waals surface area contributed by atoms with Crippen LogP contribution in [0.4, 0.5) is 18.9 Å². The van der Waals surface area contributed by atoms with Gasteiger partial charge in [-0.15, -0.1) is 0 Å². The van der Waals surface area contributed by atoms with Crippen LogP contribution in [0, 0.1) is 17.5 Å². The molecular formula is C16H11ClF3NO3. The molecule has 2 rings (SSSR count). The molecule has 0 aliphatic carbocycles. The van der Waals surface area contributed by atoms with Crippen molar-refractivity contribution in [2.24, 2.45) is 0 Å². The first-order valence-corrected chi connectivity index (χ1v) is 7.07. The molecule has 2 aromatic carbocycles. The molecule has 0 spiro atoms. The van der Waals surface area contributed by atoms with E-state index in [0.29, 0.717) is 6.07 Å². The summed E-state index contributed by atoms with van der Waals surface area (Å²) < 4.78 is 44.6. The zero-order valence-electron chi connectivity index (χ0n) is 12.3. The van der Waals surface area contributed by atoms with Crippen LogP contribution in [0.15, 0.2) is 36.4 Å². The smallest absolute Gasteiger partial charge is 0.339 e. The van der Waals surface area contributed by atoms with Crippen molar-refractivity contribution >= 4 is 29.2 Å². The average Bonchev–Trinajstić information content (AvgIpc) is 2.48. The van der Waals surface area contributed by atoms with Gasteiger partial charge in [-0.25, -0.2) is 18.0 Å². The van der Waals surface area contributed by atoms with E-state index >= 15 is 0 Å². The summed E-state index contributed by atoms with van der Waals surface area (Å²) >= 11 is 5.59. The summed E-state index contributed by atoms with van der Waals surface area (Å²) in [5, 5.41) is 2.37. The summed E-state index contributed by atoms with van der Waals surface area (Å²) in [6.07, 6.45) is -1.32. The maximum Gasteiger partial charge on any atom is 0.339 e. The van der Waals surface area contributed by atoms with Crippen molar-refractivity contribution in [2.75, 3.05) is 5.32 Å². The molecule has 1 amide bonds. The quantitative estimate of drug-likeness (QED) is 0.843. The second-order valence-corrected chi connectivity index (χ2v) is 5.26. The highest BCUT2D eigenvalue weighted by molar-refractivity contribution is 6.30. The summed E-state index contributed by atoms with van der Waals surface area (Å²) in [6.45, 7) is 1.23. The molecule has 4 nitrogen and oxygen atoms in total. The van der Waals surface area contributed by atoms with E-state index in [4.69, 9.17) is 16.3 Å². The highest BCUT2D eigenvalue weighted by Gasteiger charge is 2.21. The van der Waals surface area contributed by atoms with Crippen molar-refractivity contribution in [3.8, 4) is 0 Å².